The lowest BCUT2D eigenvalue weighted by atomic mass is 9.96. The van der Waals surface area contributed by atoms with E-state index < -0.39 is 5.92 Å². The first-order valence-electron chi connectivity index (χ1n) is 14.3. The van der Waals surface area contributed by atoms with E-state index in [1.54, 1.807) is 17.0 Å². The largest absolute Gasteiger partial charge is 0.378 e. The van der Waals surface area contributed by atoms with Crippen molar-refractivity contribution in [2.24, 2.45) is 4.99 Å². The number of carbonyl (C=O) groups is 2. The van der Waals surface area contributed by atoms with Gasteiger partial charge in [-0.1, -0.05) is 24.3 Å². The number of ether oxygens (including phenoxy) is 1. The van der Waals surface area contributed by atoms with Crippen LogP contribution in [0.4, 0.5) is 22.7 Å². The van der Waals surface area contributed by atoms with E-state index >= 15 is 0 Å². The van der Waals surface area contributed by atoms with Crippen molar-refractivity contribution in [3.8, 4) is 0 Å². The summed E-state index contributed by atoms with van der Waals surface area (Å²) in [4.78, 5) is 32.7. The molecule has 1 unspecified atom stereocenters. The molecule has 0 aliphatic carbocycles. The molecule has 1 atom stereocenters. The van der Waals surface area contributed by atoms with Gasteiger partial charge in [-0.2, -0.15) is 5.10 Å². The Bertz CT molecular complexity index is 1640. The third-order valence-electron chi connectivity index (χ3n) is 7.62. The van der Waals surface area contributed by atoms with Crippen LogP contribution in [0.3, 0.4) is 0 Å². The average Bonchev–Trinajstić information content (AvgIpc) is 3.55. The van der Waals surface area contributed by atoms with Crippen molar-refractivity contribution in [3.05, 3.63) is 101 Å². The first kappa shape index (κ1) is 27.4. The summed E-state index contributed by atoms with van der Waals surface area (Å²) >= 11 is 0. The van der Waals surface area contributed by atoms with Crippen molar-refractivity contribution in [3.63, 3.8) is 0 Å². The molecule has 2 aliphatic rings. The molecule has 2 amide bonds. The topological polar surface area (TPSA) is 101 Å². The van der Waals surface area contributed by atoms with Crippen molar-refractivity contribution < 1.29 is 14.3 Å². The molecule has 0 saturated carbocycles. The first-order valence-corrected chi connectivity index (χ1v) is 14.3. The number of aryl methyl sites for hydroxylation is 2. The number of hydrogen-bond acceptors (Lipinski definition) is 6. The molecule has 0 bridgehead atoms. The van der Waals surface area contributed by atoms with Gasteiger partial charge >= 0.3 is 0 Å². The lowest BCUT2D eigenvalue weighted by Crippen LogP contribution is -2.36. The van der Waals surface area contributed by atoms with Gasteiger partial charge in [0.2, 0.25) is 5.91 Å². The number of nitrogens with one attached hydrogen (secondary N) is 2. The minimum absolute atomic E-state index is 0.0814. The van der Waals surface area contributed by atoms with Gasteiger partial charge in [-0.15, -0.1) is 0 Å². The molecule has 214 valence electrons. The van der Waals surface area contributed by atoms with Gasteiger partial charge in [-0.05, 0) is 85.5 Å². The minimum atomic E-state index is -0.462. The van der Waals surface area contributed by atoms with Gasteiger partial charge in [0.1, 0.15) is 11.6 Å². The number of rotatable bonds is 8. The van der Waals surface area contributed by atoms with Crippen molar-refractivity contribution in [1.82, 2.24) is 9.78 Å². The smallest absolute Gasteiger partial charge is 0.273 e. The fraction of sp³-hybridized carbons (Fsp3) is 0.273. The molecule has 2 aliphatic heterocycles. The first-order chi connectivity index (χ1) is 20.5. The van der Waals surface area contributed by atoms with Crippen molar-refractivity contribution >= 4 is 40.8 Å². The Hall–Kier alpha value is -4.76. The summed E-state index contributed by atoms with van der Waals surface area (Å²) in [6.07, 6.45) is 2.39. The maximum absolute atomic E-state index is 12.9. The fourth-order valence-corrected chi connectivity index (χ4v) is 5.48. The quantitative estimate of drug-likeness (QED) is 0.283. The molecule has 1 aromatic heterocycles. The number of amides is 2. The van der Waals surface area contributed by atoms with Crippen LogP contribution in [0.15, 0.2) is 77.8 Å². The molecular weight excluding hydrogens is 528 g/mol. The summed E-state index contributed by atoms with van der Waals surface area (Å²) in [5.74, 6) is -0.729. The Morgan fingerprint density at radius 2 is 1.86 bits per heavy atom. The van der Waals surface area contributed by atoms with Crippen LogP contribution in [0.25, 0.3) is 0 Å². The number of carbonyl (C=O) groups excluding carboxylic acids is 2. The highest BCUT2D eigenvalue weighted by Crippen LogP contribution is 2.33. The van der Waals surface area contributed by atoms with E-state index in [0.29, 0.717) is 18.7 Å². The highest BCUT2D eigenvalue weighted by Gasteiger charge is 2.29. The number of fused-ring (bicyclic) bond motifs is 1. The Morgan fingerprint density at radius 1 is 1.07 bits per heavy atom. The second-order valence-electron chi connectivity index (χ2n) is 10.6. The average molecular weight is 563 g/mol. The van der Waals surface area contributed by atoms with Gasteiger partial charge in [-0.3, -0.25) is 19.3 Å². The third kappa shape index (κ3) is 5.96. The molecule has 1 saturated heterocycles. The van der Waals surface area contributed by atoms with E-state index in [1.165, 1.54) is 0 Å². The van der Waals surface area contributed by atoms with Crippen LogP contribution >= 0.6 is 0 Å². The predicted octanol–water partition coefficient (Wildman–Crippen LogP) is 5.33. The van der Waals surface area contributed by atoms with E-state index in [0.717, 1.165) is 71.4 Å². The fourth-order valence-electron chi connectivity index (χ4n) is 5.48. The lowest BCUT2D eigenvalue weighted by molar-refractivity contribution is -0.115. The van der Waals surface area contributed by atoms with Crippen LogP contribution in [0, 0.1) is 6.92 Å². The van der Waals surface area contributed by atoms with E-state index in [9.17, 15) is 9.59 Å². The highest BCUT2D eigenvalue weighted by atomic mass is 16.5. The van der Waals surface area contributed by atoms with Gasteiger partial charge in [0.05, 0.1) is 24.6 Å². The zero-order valence-electron chi connectivity index (χ0n) is 23.8. The van der Waals surface area contributed by atoms with Crippen molar-refractivity contribution in [1.29, 1.82) is 0 Å². The van der Waals surface area contributed by atoms with Gasteiger partial charge < -0.3 is 20.3 Å². The molecule has 42 heavy (non-hydrogen) atoms. The van der Waals surface area contributed by atoms with E-state index in [4.69, 9.17) is 4.74 Å². The standard InChI is InChI=1S/C33H34N6O3/c1-3-39-31(17-22(2)37-39)33(41)35-26-6-4-5-23(19-26)18-24-7-12-30-28(20-24)29(32(40)36-30)21-34-25-8-10-27(11-9-25)38-13-15-42-16-14-38/h4-12,17,19-21,29H,3,13-16,18H2,1-2H3,(H,35,41)(H,36,40). The molecule has 4 aromatic rings. The van der Waals surface area contributed by atoms with E-state index in [-0.39, 0.29) is 11.8 Å². The Labute approximate surface area is 245 Å². The van der Waals surface area contributed by atoms with Gasteiger partial charge in [0, 0.05) is 42.9 Å². The molecule has 9 nitrogen and oxygen atoms in total. The minimum Gasteiger partial charge on any atom is -0.378 e. The number of anilines is 3. The summed E-state index contributed by atoms with van der Waals surface area (Å²) in [5.41, 5.74) is 7.88. The molecule has 6 rings (SSSR count). The van der Waals surface area contributed by atoms with Crippen LogP contribution < -0.4 is 15.5 Å². The second-order valence-corrected chi connectivity index (χ2v) is 10.6. The van der Waals surface area contributed by atoms with E-state index in [1.807, 2.05) is 62.4 Å². The normalized spacial score (nSPS) is 16.5. The van der Waals surface area contributed by atoms with Crippen molar-refractivity contribution in [2.75, 3.05) is 41.8 Å². The highest BCUT2D eigenvalue weighted by molar-refractivity contribution is 6.12. The molecule has 0 radical (unpaired) electrons. The predicted molar refractivity (Wildman–Crippen MR) is 165 cm³/mol. The SMILES string of the molecule is CCn1nc(C)cc1C(=O)Nc1cccc(Cc2ccc3c(c2)C(C=Nc2ccc(N4CCOCC4)cc2)C(=O)N3)c1. The van der Waals surface area contributed by atoms with Crippen LogP contribution in [-0.4, -0.2) is 54.1 Å². The second kappa shape index (κ2) is 12.0. The number of morpholine rings is 1. The van der Waals surface area contributed by atoms with Crippen LogP contribution in [0.2, 0.25) is 0 Å². The van der Waals surface area contributed by atoms with Gasteiger partial charge in [0.15, 0.2) is 0 Å². The molecule has 2 N–H and O–H groups in total. The summed E-state index contributed by atoms with van der Waals surface area (Å²) < 4.78 is 7.14. The molecule has 9 heteroatoms. The third-order valence-corrected chi connectivity index (χ3v) is 7.62. The summed E-state index contributed by atoms with van der Waals surface area (Å²) in [7, 11) is 0. The molecule has 3 heterocycles. The van der Waals surface area contributed by atoms with E-state index in [2.05, 4.69) is 43.8 Å². The van der Waals surface area contributed by atoms with Gasteiger partial charge in [0.25, 0.3) is 5.91 Å². The van der Waals surface area contributed by atoms with Crippen LogP contribution in [0.1, 0.15) is 45.7 Å². The Kier molecular flexibility index (Phi) is 7.83. The maximum Gasteiger partial charge on any atom is 0.273 e. The number of aliphatic imine (C=N–C) groups is 1. The van der Waals surface area contributed by atoms with Crippen molar-refractivity contribution in [2.45, 2.75) is 32.7 Å². The summed E-state index contributed by atoms with van der Waals surface area (Å²) in [6, 6.07) is 23.8. The summed E-state index contributed by atoms with van der Waals surface area (Å²) in [5, 5.41) is 10.4. The molecule has 3 aromatic carbocycles. The molecular formula is C33H34N6O3. The van der Waals surface area contributed by atoms with Gasteiger partial charge in [-0.25, -0.2) is 0 Å². The molecule has 0 spiro atoms. The number of benzene rings is 3. The zero-order valence-corrected chi connectivity index (χ0v) is 23.8. The monoisotopic (exact) mass is 562 g/mol. The van der Waals surface area contributed by atoms with Crippen LogP contribution in [-0.2, 0) is 22.5 Å². The number of nitrogens with zero attached hydrogens (tertiary/aromatic N) is 4. The Morgan fingerprint density at radius 3 is 2.64 bits per heavy atom. The van der Waals surface area contributed by atoms with Crippen LogP contribution in [0.5, 0.6) is 0 Å². The zero-order chi connectivity index (χ0) is 29.1. The number of aromatic nitrogens is 2. The maximum atomic E-state index is 12.9. The molecule has 1 fully saturated rings. The lowest BCUT2D eigenvalue weighted by Gasteiger charge is -2.28. The number of hydrogen-bond donors (Lipinski definition) is 2. The summed E-state index contributed by atoms with van der Waals surface area (Å²) in [6.45, 7) is 7.71. The Balaban J connectivity index is 1.14.